The lowest BCUT2D eigenvalue weighted by Crippen LogP contribution is -2.42. The number of nitrogens with one attached hydrogen (secondary N) is 1. The van der Waals surface area contributed by atoms with Gasteiger partial charge < -0.3 is 15.3 Å². The lowest BCUT2D eigenvalue weighted by atomic mass is 10.1. The summed E-state index contributed by atoms with van der Waals surface area (Å²) in [5.74, 6) is -0.145. The predicted molar refractivity (Wildman–Crippen MR) is 78.3 cm³/mol. The summed E-state index contributed by atoms with van der Waals surface area (Å²) in [5, 5.41) is 23.6. The highest BCUT2D eigenvalue weighted by molar-refractivity contribution is 5.98. The maximum absolute atomic E-state index is 12.5. The predicted octanol–water partition coefficient (Wildman–Crippen LogP) is 1.26. The highest BCUT2D eigenvalue weighted by atomic mass is 16.6. The number of carbonyl (C=O) groups is 1. The molecule has 8 nitrogen and oxygen atoms in total. The number of aromatic nitrogens is 1. The number of amides is 1. The number of nitrogens with zero attached hydrogens (tertiary/aromatic N) is 3. The van der Waals surface area contributed by atoms with Crippen molar-refractivity contribution in [1.82, 2.24) is 9.88 Å². The topological polar surface area (TPSA) is 109 Å². The summed E-state index contributed by atoms with van der Waals surface area (Å²) in [6.07, 6.45) is 1.05. The van der Waals surface area contributed by atoms with Crippen LogP contribution in [-0.2, 0) is 0 Å². The van der Waals surface area contributed by atoms with Gasteiger partial charge in [-0.3, -0.25) is 14.9 Å². The maximum Gasteiger partial charge on any atom is 0.300 e. The van der Waals surface area contributed by atoms with E-state index in [2.05, 4.69) is 10.3 Å². The Hall–Kier alpha value is -2.22. The number of hydrogen-bond donors (Lipinski definition) is 2. The summed E-state index contributed by atoms with van der Waals surface area (Å²) in [7, 11) is 1.61. The number of anilines is 1. The van der Waals surface area contributed by atoms with Crippen molar-refractivity contribution in [3.05, 3.63) is 27.9 Å². The Morgan fingerprint density at radius 1 is 1.57 bits per heavy atom. The van der Waals surface area contributed by atoms with E-state index in [1.165, 1.54) is 11.0 Å². The Kier molecular flexibility index (Phi) is 5.20. The molecule has 0 aliphatic carbocycles. The average Bonchev–Trinajstić information content (AvgIpc) is 2.42. The van der Waals surface area contributed by atoms with Crippen LogP contribution in [0.2, 0.25) is 0 Å². The molecule has 0 radical (unpaired) electrons. The van der Waals surface area contributed by atoms with Gasteiger partial charge in [0.2, 0.25) is 0 Å². The van der Waals surface area contributed by atoms with Gasteiger partial charge in [0.05, 0.1) is 10.5 Å². The zero-order valence-corrected chi connectivity index (χ0v) is 12.6. The molecule has 0 spiro atoms. The van der Waals surface area contributed by atoms with Gasteiger partial charge in [-0.1, -0.05) is 0 Å². The van der Waals surface area contributed by atoms with Crippen LogP contribution in [0.25, 0.3) is 0 Å². The lowest BCUT2D eigenvalue weighted by Gasteiger charge is -2.28. The molecule has 8 heteroatoms. The standard InChI is InChI=1S/C13H20N4O4/c1-5-16(8-13(2,3)19)12(18)9-6-11(14-4)15-7-10(9)17(20)21/h6-7,19H,5,8H2,1-4H3,(H,14,15). The normalized spacial score (nSPS) is 11.1. The number of carbonyl (C=O) groups excluding carboxylic acids is 1. The van der Waals surface area contributed by atoms with Crippen molar-refractivity contribution in [3.8, 4) is 0 Å². The lowest BCUT2D eigenvalue weighted by molar-refractivity contribution is -0.385. The average molecular weight is 296 g/mol. The van der Waals surface area contributed by atoms with Crippen LogP contribution in [0.4, 0.5) is 11.5 Å². The minimum Gasteiger partial charge on any atom is -0.389 e. The molecule has 21 heavy (non-hydrogen) atoms. The fraction of sp³-hybridized carbons (Fsp3) is 0.538. The van der Waals surface area contributed by atoms with Gasteiger partial charge in [0.15, 0.2) is 0 Å². The third-order valence-electron chi connectivity index (χ3n) is 2.81. The van der Waals surface area contributed by atoms with E-state index in [-0.39, 0.29) is 17.8 Å². The molecule has 0 fully saturated rings. The molecular formula is C13H20N4O4. The Morgan fingerprint density at radius 3 is 2.62 bits per heavy atom. The van der Waals surface area contributed by atoms with E-state index >= 15 is 0 Å². The molecular weight excluding hydrogens is 276 g/mol. The van der Waals surface area contributed by atoms with E-state index in [9.17, 15) is 20.0 Å². The van der Waals surface area contributed by atoms with Crippen molar-refractivity contribution < 1.29 is 14.8 Å². The molecule has 1 heterocycles. The highest BCUT2D eigenvalue weighted by Crippen LogP contribution is 2.22. The molecule has 0 aliphatic heterocycles. The van der Waals surface area contributed by atoms with E-state index in [0.29, 0.717) is 12.4 Å². The first kappa shape index (κ1) is 16.8. The zero-order chi connectivity index (χ0) is 16.2. The van der Waals surface area contributed by atoms with E-state index in [4.69, 9.17) is 0 Å². The van der Waals surface area contributed by atoms with E-state index in [1.54, 1.807) is 27.8 Å². The van der Waals surface area contributed by atoms with Gasteiger partial charge in [0.1, 0.15) is 17.6 Å². The second-order valence-corrected chi connectivity index (χ2v) is 5.23. The van der Waals surface area contributed by atoms with E-state index in [1.807, 2.05) is 0 Å². The fourth-order valence-electron chi connectivity index (χ4n) is 1.87. The second kappa shape index (κ2) is 6.49. The van der Waals surface area contributed by atoms with Crippen LogP contribution in [0.5, 0.6) is 0 Å². The summed E-state index contributed by atoms with van der Waals surface area (Å²) >= 11 is 0. The molecule has 0 bridgehead atoms. The van der Waals surface area contributed by atoms with Gasteiger partial charge in [0.25, 0.3) is 11.6 Å². The molecule has 0 unspecified atom stereocenters. The van der Waals surface area contributed by atoms with E-state index in [0.717, 1.165) is 6.20 Å². The van der Waals surface area contributed by atoms with Crippen LogP contribution in [0, 0.1) is 10.1 Å². The Bertz CT molecular complexity index is 539. The van der Waals surface area contributed by atoms with Gasteiger partial charge >= 0.3 is 0 Å². The zero-order valence-electron chi connectivity index (χ0n) is 12.6. The van der Waals surface area contributed by atoms with Crippen LogP contribution in [-0.4, -0.2) is 51.6 Å². The number of rotatable bonds is 6. The Balaban J connectivity index is 3.22. The Labute approximate surface area is 122 Å². The van der Waals surface area contributed by atoms with Crippen molar-refractivity contribution in [3.63, 3.8) is 0 Å². The fourth-order valence-corrected chi connectivity index (χ4v) is 1.87. The van der Waals surface area contributed by atoms with Crippen molar-refractivity contribution >= 4 is 17.4 Å². The number of hydrogen-bond acceptors (Lipinski definition) is 6. The van der Waals surface area contributed by atoms with Crippen molar-refractivity contribution in [2.75, 3.05) is 25.5 Å². The Morgan fingerprint density at radius 2 is 2.19 bits per heavy atom. The minimum absolute atomic E-state index is 0.0505. The quantitative estimate of drug-likeness (QED) is 0.604. The van der Waals surface area contributed by atoms with Crippen LogP contribution in [0.1, 0.15) is 31.1 Å². The number of pyridine rings is 1. The van der Waals surface area contributed by atoms with E-state index < -0.39 is 16.4 Å². The van der Waals surface area contributed by atoms with Gasteiger partial charge in [-0.05, 0) is 20.8 Å². The molecule has 1 rings (SSSR count). The third-order valence-corrected chi connectivity index (χ3v) is 2.81. The smallest absolute Gasteiger partial charge is 0.300 e. The van der Waals surface area contributed by atoms with Gasteiger partial charge in [-0.25, -0.2) is 4.98 Å². The molecule has 0 saturated heterocycles. The first-order valence-electron chi connectivity index (χ1n) is 6.53. The van der Waals surface area contributed by atoms with Crippen LogP contribution >= 0.6 is 0 Å². The molecule has 0 atom stereocenters. The monoisotopic (exact) mass is 296 g/mol. The minimum atomic E-state index is -1.08. The summed E-state index contributed by atoms with van der Waals surface area (Å²) in [4.78, 5) is 28.1. The largest absolute Gasteiger partial charge is 0.389 e. The number of nitro groups is 1. The molecule has 1 amide bonds. The first-order chi connectivity index (χ1) is 9.69. The highest BCUT2D eigenvalue weighted by Gasteiger charge is 2.28. The van der Waals surface area contributed by atoms with Crippen LogP contribution in [0.15, 0.2) is 12.3 Å². The third kappa shape index (κ3) is 4.38. The first-order valence-corrected chi connectivity index (χ1v) is 6.53. The number of likely N-dealkylation sites (N-methyl/N-ethyl adjacent to an activating group) is 1. The van der Waals surface area contributed by atoms with Crippen molar-refractivity contribution in [1.29, 1.82) is 0 Å². The molecule has 1 aromatic heterocycles. The summed E-state index contributed by atoms with van der Waals surface area (Å²) in [5.41, 5.74) is -1.49. The molecule has 0 aromatic carbocycles. The van der Waals surface area contributed by atoms with Gasteiger partial charge in [-0.2, -0.15) is 0 Å². The number of aliphatic hydroxyl groups is 1. The molecule has 1 aromatic rings. The van der Waals surface area contributed by atoms with Crippen LogP contribution in [0.3, 0.4) is 0 Å². The molecule has 0 aliphatic rings. The second-order valence-electron chi connectivity index (χ2n) is 5.23. The van der Waals surface area contributed by atoms with Crippen molar-refractivity contribution in [2.45, 2.75) is 26.4 Å². The summed E-state index contributed by atoms with van der Waals surface area (Å²) < 4.78 is 0. The van der Waals surface area contributed by atoms with Crippen LogP contribution < -0.4 is 5.32 Å². The van der Waals surface area contributed by atoms with Crippen molar-refractivity contribution in [2.24, 2.45) is 0 Å². The summed E-state index contributed by atoms with van der Waals surface area (Å²) in [6.45, 7) is 5.30. The maximum atomic E-state index is 12.5. The van der Waals surface area contributed by atoms with Gasteiger partial charge in [-0.15, -0.1) is 0 Å². The SMILES string of the molecule is CCN(CC(C)(C)O)C(=O)c1cc(NC)ncc1[N+](=O)[O-]. The van der Waals surface area contributed by atoms with Gasteiger partial charge in [0, 0.05) is 26.2 Å². The molecule has 2 N–H and O–H groups in total. The summed E-state index contributed by atoms with van der Waals surface area (Å²) in [6, 6.07) is 1.34. The molecule has 0 saturated carbocycles. The molecule has 116 valence electrons.